The molecule has 0 radical (unpaired) electrons. The first kappa shape index (κ1) is 10.4. The van der Waals surface area contributed by atoms with Gasteiger partial charge in [0.25, 0.3) is 0 Å². The molecule has 0 unspecified atom stereocenters. The van der Waals surface area contributed by atoms with Crippen molar-refractivity contribution in [1.82, 2.24) is 9.97 Å². The fraction of sp³-hybridized carbons (Fsp3) is 0.167. The standard InChI is InChI=1S/C12H14N4/c1-2-9-3-5-10(6-4-9)15-12-14-8-7-11(13)16-12/h3-8H,2H2,1H3,(H3,13,14,15,16). The van der Waals surface area contributed by atoms with E-state index in [0.29, 0.717) is 11.8 Å². The van der Waals surface area contributed by atoms with E-state index in [1.54, 1.807) is 12.3 Å². The summed E-state index contributed by atoms with van der Waals surface area (Å²) in [5, 5.41) is 3.09. The van der Waals surface area contributed by atoms with Gasteiger partial charge >= 0.3 is 0 Å². The fourth-order valence-electron chi connectivity index (χ4n) is 1.39. The number of benzene rings is 1. The molecule has 4 nitrogen and oxygen atoms in total. The highest BCUT2D eigenvalue weighted by Gasteiger charge is 1.97. The Labute approximate surface area is 94.5 Å². The molecule has 3 N–H and O–H groups in total. The van der Waals surface area contributed by atoms with E-state index in [2.05, 4.69) is 34.3 Å². The Morgan fingerprint density at radius 2 is 1.94 bits per heavy atom. The number of nitrogens with one attached hydrogen (secondary N) is 1. The van der Waals surface area contributed by atoms with Crippen LogP contribution in [0.5, 0.6) is 0 Å². The van der Waals surface area contributed by atoms with E-state index in [-0.39, 0.29) is 0 Å². The summed E-state index contributed by atoms with van der Waals surface area (Å²) in [6.07, 6.45) is 2.67. The van der Waals surface area contributed by atoms with Crippen molar-refractivity contribution >= 4 is 17.5 Å². The zero-order chi connectivity index (χ0) is 11.4. The SMILES string of the molecule is CCc1ccc(Nc2nccc(N)n2)cc1. The molecule has 0 fully saturated rings. The van der Waals surface area contributed by atoms with Gasteiger partial charge in [0.1, 0.15) is 5.82 Å². The smallest absolute Gasteiger partial charge is 0.229 e. The maximum Gasteiger partial charge on any atom is 0.229 e. The van der Waals surface area contributed by atoms with Crippen LogP contribution in [0.15, 0.2) is 36.5 Å². The summed E-state index contributed by atoms with van der Waals surface area (Å²) in [6.45, 7) is 2.13. The number of aryl methyl sites for hydroxylation is 1. The minimum absolute atomic E-state index is 0.461. The number of nitrogens with zero attached hydrogens (tertiary/aromatic N) is 2. The number of hydrogen-bond acceptors (Lipinski definition) is 4. The lowest BCUT2D eigenvalue weighted by atomic mass is 10.1. The Hall–Kier alpha value is -2.10. The predicted molar refractivity (Wildman–Crippen MR) is 65.5 cm³/mol. The second-order valence-corrected chi connectivity index (χ2v) is 3.48. The van der Waals surface area contributed by atoms with Crippen LogP contribution < -0.4 is 11.1 Å². The van der Waals surface area contributed by atoms with Crippen molar-refractivity contribution < 1.29 is 0 Å². The molecule has 1 aromatic heterocycles. The molecule has 2 aromatic rings. The van der Waals surface area contributed by atoms with Gasteiger partial charge in [-0.2, -0.15) is 4.98 Å². The lowest BCUT2D eigenvalue weighted by Crippen LogP contribution is -1.99. The van der Waals surface area contributed by atoms with Gasteiger partial charge in [-0.3, -0.25) is 0 Å². The molecule has 82 valence electrons. The van der Waals surface area contributed by atoms with Gasteiger partial charge in [-0.05, 0) is 30.2 Å². The number of hydrogen-bond donors (Lipinski definition) is 2. The van der Waals surface area contributed by atoms with Crippen LogP contribution in [0.4, 0.5) is 17.5 Å². The Bertz CT molecular complexity index is 465. The van der Waals surface area contributed by atoms with Gasteiger partial charge in [0.05, 0.1) is 0 Å². The number of nitrogen functional groups attached to an aromatic ring is 1. The van der Waals surface area contributed by atoms with Crippen LogP contribution in [-0.4, -0.2) is 9.97 Å². The molecule has 0 bridgehead atoms. The summed E-state index contributed by atoms with van der Waals surface area (Å²) in [7, 11) is 0. The average Bonchev–Trinajstić information content (AvgIpc) is 2.30. The lowest BCUT2D eigenvalue weighted by molar-refractivity contribution is 1.14. The quantitative estimate of drug-likeness (QED) is 0.823. The highest BCUT2D eigenvalue weighted by Crippen LogP contribution is 2.14. The number of nitrogens with two attached hydrogens (primary N) is 1. The molecule has 1 heterocycles. The van der Waals surface area contributed by atoms with Crippen LogP contribution in [0.25, 0.3) is 0 Å². The largest absolute Gasteiger partial charge is 0.384 e. The van der Waals surface area contributed by atoms with E-state index >= 15 is 0 Å². The van der Waals surface area contributed by atoms with Crippen molar-refractivity contribution in [2.24, 2.45) is 0 Å². The Kier molecular flexibility index (Phi) is 3.00. The molecular formula is C12H14N4. The van der Waals surface area contributed by atoms with E-state index < -0.39 is 0 Å². The zero-order valence-electron chi connectivity index (χ0n) is 9.14. The average molecular weight is 214 g/mol. The van der Waals surface area contributed by atoms with Crippen LogP contribution in [-0.2, 0) is 6.42 Å². The highest BCUT2D eigenvalue weighted by molar-refractivity contribution is 5.54. The van der Waals surface area contributed by atoms with Crippen molar-refractivity contribution in [3.63, 3.8) is 0 Å². The molecule has 0 aliphatic carbocycles. The van der Waals surface area contributed by atoms with Crippen LogP contribution in [0, 0.1) is 0 Å². The van der Waals surface area contributed by atoms with Crippen LogP contribution in [0.1, 0.15) is 12.5 Å². The maximum atomic E-state index is 5.57. The number of rotatable bonds is 3. The zero-order valence-corrected chi connectivity index (χ0v) is 9.14. The summed E-state index contributed by atoms with van der Waals surface area (Å²) in [5.41, 5.74) is 7.83. The van der Waals surface area contributed by atoms with Gasteiger partial charge in [-0.1, -0.05) is 19.1 Å². The van der Waals surface area contributed by atoms with Gasteiger partial charge in [0, 0.05) is 11.9 Å². The first-order valence-corrected chi connectivity index (χ1v) is 5.22. The van der Waals surface area contributed by atoms with Crippen molar-refractivity contribution in [2.75, 3.05) is 11.1 Å². The molecule has 16 heavy (non-hydrogen) atoms. The third kappa shape index (κ3) is 2.48. The van der Waals surface area contributed by atoms with Gasteiger partial charge in [-0.25, -0.2) is 4.98 Å². The first-order valence-electron chi connectivity index (χ1n) is 5.22. The van der Waals surface area contributed by atoms with E-state index in [4.69, 9.17) is 5.73 Å². The van der Waals surface area contributed by atoms with Crippen LogP contribution in [0.3, 0.4) is 0 Å². The van der Waals surface area contributed by atoms with Crippen LogP contribution in [0.2, 0.25) is 0 Å². The second-order valence-electron chi connectivity index (χ2n) is 3.48. The molecule has 0 atom stereocenters. The summed E-state index contributed by atoms with van der Waals surface area (Å²) in [4.78, 5) is 8.14. The van der Waals surface area contributed by atoms with Crippen molar-refractivity contribution in [3.8, 4) is 0 Å². The molecule has 4 heteroatoms. The van der Waals surface area contributed by atoms with E-state index in [1.165, 1.54) is 5.56 Å². The molecule has 1 aromatic carbocycles. The minimum atomic E-state index is 0.461. The fourth-order valence-corrected chi connectivity index (χ4v) is 1.39. The summed E-state index contributed by atoms with van der Waals surface area (Å²) in [6, 6.07) is 9.82. The van der Waals surface area contributed by atoms with Crippen molar-refractivity contribution in [3.05, 3.63) is 42.1 Å². The Morgan fingerprint density at radius 3 is 2.56 bits per heavy atom. The van der Waals surface area contributed by atoms with E-state index in [0.717, 1.165) is 12.1 Å². The maximum absolute atomic E-state index is 5.57. The normalized spacial score (nSPS) is 10.1. The second kappa shape index (κ2) is 4.61. The Balaban J connectivity index is 2.14. The lowest BCUT2D eigenvalue weighted by Gasteiger charge is -2.05. The van der Waals surface area contributed by atoms with Crippen LogP contribution >= 0.6 is 0 Å². The topological polar surface area (TPSA) is 63.8 Å². The summed E-state index contributed by atoms with van der Waals surface area (Å²) >= 11 is 0. The third-order valence-electron chi connectivity index (χ3n) is 2.30. The highest BCUT2D eigenvalue weighted by atomic mass is 15.1. The molecule has 0 amide bonds. The van der Waals surface area contributed by atoms with Gasteiger partial charge in [0.2, 0.25) is 5.95 Å². The first-order chi connectivity index (χ1) is 7.78. The van der Waals surface area contributed by atoms with Crippen molar-refractivity contribution in [1.29, 1.82) is 0 Å². The summed E-state index contributed by atoms with van der Waals surface area (Å²) in [5.74, 6) is 0.979. The molecular weight excluding hydrogens is 200 g/mol. The van der Waals surface area contributed by atoms with Gasteiger partial charge in [-0.15, -0.1) is 0 Å². The van der Waals surface area contributed by atoms with Gasteiger partial charge < -0.3 is 11.1 Å². The third-order valence-corrected chi connectivity index (χ3v) is 2.30. The molecule has 0 aliphatic heterocycles. The van der Waals surface area contributed by atoms with E-state index in [1.807, 2.05) is 12.1 Å². The molecule has 0 saturated heterocycles. The monoisotopic (exact) mass is 214 g/mol. The number of aromatic nitrogens is 2. The molecule has 0 aliphatic rings. The molecule has 0 spiro atoms. The predicted octanol–water partition coefficient (Wildman–Crippen LogP) is 2.36. The number of anilines is 3. The Morgan fingerprint density at radius 1 is 1.19 bits per heavy atom. The minimum Gasteiger partial charge on any atom is -0.384 e. The van der Waals surface area contributed by atoms with Gasteiger partial charge in [0.15, 0.2) is 0 Å². The molecule has 0 saturated carbocycles. The van der Waals surface area contributed by atoms with Crippen molar-refractivity contribution in [2.45, 2.75) is 13.3 Å². The van der Waals surface area contributed by atoms with E-state index in [9.17, 15) is 0 Å². The molecule has 2 rings (SSSR count). The summed E-state index contributed by atoms with van der Waals surface area (Å²) < 4.78 is 0.